The number of benzene rings is 2. The number of nitro benzene ring substituents is 1. The van der Waals surface area contributed by atoms with E-state index in [4.69, 9.17) is 0 Å². The Morgan fingerprint density at radius 3 is 2.43 bits per heavy atom. The van der Waals surface area contributed by atoms with Gasteiger partial charge in [0.2, 0.25) is 0 Å². The largest absolute Gasteiger partial charge is 0.502 e. The average molecular weight is 294 g/mol. The fraction of sp³-hybridized carbons (Fsp3) is 0. The smallest absolute Gasteiger partial charge is 0.310 e. The highest BCUT2D eigenvalue weighted by molar-refractivity contribution is 6.04. The van der Waals surface area contributed by atoms with Crippen LogP contribution in [0.25, 0.3) is 0 Å². The Morgan fingerprint density at radius 2 is 1.86 bits per heavy atom. The number of nitrogens with one attached hydrogen (secondary N) is 1. The highest BCUT2D eigenvalue weighted by Gasteiger charge is 2.16. The first-order valence-electron chi connectivity index (χ1n) is 5.62. The van der Waals surface area contributed by atoms with E-state index in [1.54, 1.807) is 0 Å². The van der Waals surface area contributed by atoms with Gasteiger partial charge in [0.15, 0.2) is 17.4 Å². The SMILES string of the molecule is O=C(Nc1ccc(F)c(F)c1)c1ccc([N+](=O)[O-])c(O)c1. The van der Waals surface area contributed by atoms with Crippen molar-refractivity contribution in [1.29, 1.82) is 0 Å². The molecule has 108 valence electrons. The number of nitrogens with zero attached hydrogens (tertiary/aromatic N) is 1. The fourth-order valence-corrected chi connectivity index (χ4v) is 1.60. The molecule has 0 aliphatic carbocycles. The maximum absolute atomic E-state index is 13.0. The summed E-state index contributed by atoms with van der Waals surface area (Å²) >= 11 is 0. The Kier molecular flexibility index (Phi) is 3.79. The number of anilines is 1. The minimum atomic E-state index is -1.13. The highest BCUT2D eigenvalue weighted by Crippen LogP contribution is 2.26. The molecule has 2 aromatic carbocycles. The summed E-state index contributed by atoms with van der Waals surface area (Å²) in [6, 6.07) is 5.80. The number of nitro groups is 1. The van der Waals surface area contributed by atoms with Gasteiger partial charge in [-0.25, -0.2) is 8.78 Å². The first-order chi connectivity index (χ1) is 9.88. The van der Waals surface area contributed by atoms with E-state index >= 15 is 0 Å². The molecule has 0 atom stereocenters. The van der Waals surface area contributed by atoms with E-state index < -0.39 is 33.9 Å². The molecule has 0 aromatic heterocycles. The molecular weight excluding hydrogens is 286 g/mol. The fourth-order valence-electron chi connectivity index (χ4n) is 1.60. The molecule has 2 aromatic rings. The molecule has 0 radical (unpaired) electrons. The van der Waals surface area contributed by atoms with Gasteiger partial charge in [-0.2, -0.15) is 0 Å². The standard InChI is InChI=1S/C13H8F2N2O4/c14-9-3-2-8(6-10(9)15)16-13(19)7-1-4-11(17(20)21)12(18)5-7/h1-6,18H,(H,16,19). The van der Waals surface area contributed by atoms with Crippen molar-refractivity contribution < 1.29 is 23.6 Å². The molecule has 0 saturated carbocycles. The van der Waals surface area contributed by atoms with E-state index in [0.717, 1.165) is 36.4 Å². The summed E-state index contributed by atoms with van der Waals surface area (Å²) in [6.07, 6.45) is 0. The van der Waals surface area contributed by atoms with Gasteiger partial charge in [0.1, 0.15) is 0 Å². The second-order valence-electron chi connectivity index (χ2n) is 4.04. The van der Waals surface area contributed by atoms with Gasteiger partial charge in [0.25, 0.3) is 5.91 Å². The van der Waals surface area contributed by atoms with Crippen molar-refractivity contribution >= 4 is 17.3 Å². The molecule has 1 amide bonds. The topological polar surface area (TPSA) is 92.5 Å². The van der Waals surface area contributed by atoms with E-state index in [1.165, 1.54) is 0 Å². The van der Waals surface area contributed by atoms with Crippen LogP contribution in [0.2, 0.25) is 0 Å². The third-order valence-corrected chi connectivity index (χ3v) is 2.61. The van der Waals surface area contributed by atoms with Crippen molar-refractivity contribution in [3.8, 4) is 5.75 Å². The molecule has 0 bridgehead atoms. The Labute approximate surface area is 116 Å². The number of aromatic hydroxyl groups is 1. The van der Waals surface area contributed by atoms with Crippen LogP contribution in [0.4, 0.5) is 20.2 Å². The Balaban J connectivity index is 2.22. The molecule has 8 heteroatoms. The van der Waals surface area contributed by atoms with Crippen LogP contribution in [0.1, 0.15) is 10.4 Å². The van der Waals surface area contributed by atoms with Gasteiger partial charge in [0, 0.05) is 23.4 Å². The maximum atomic E-state index is 13.0. The molecule has 6 nitrogen and oxygen atoms in total. The molecule has 0 aliphatic heterocycles. The highest BCUT2D eigenvalue weighted by atomic mass is 19.2. The van der Waals surface area contributed by atoms with Crippen LogP contribution in [0, 0.1) is 21.7 Å². The average Bonchev–Trinajstić information content (AvgIpc) is 2.42. The van der Waals surface area contributed by atoms with Crippen LogP contribution in [-0.2, 0) is 0 Å². The number of hydrogen-bond donors (Lipinski definition) is 2. The molecule has 0 fully saturated rings. The van der Waals surface area contributed by atoms with Crippen molar-refractivity contribution in [3.05, 3.63) is 63.7 Å². The van der Waals surface area contributed by atoms with E-state index in [1.807, 2.05) is 0 Å². The second-order valence-corrected chi connectivity index (χ2v) is 4.04. The summed E-state index contributed by atoms with van der Waals surface area (Å²) in [6.45, 7) is 0. The molecule has 2 N–H and O–H groups in total. The normalized spacial score (nSPS) is 10.2. The predicted octanol–water partition coefficient (Wildman–Crippen LogP) is 2.83. The van der Waals surface area contributed by atoms with Gasteiger partial charge in [-0.1, -0.05) is 0 Å². The number of hydrogen-bond acceptors (Lipinski definition) is 4. The number of phenolic OH excluding ortho intramolecular Hbond substituents is 1. The van der Waals surface area contributed by atoms with Crippen LogP contribution in [0.5, 0.6) is 5.75 Å². The van der Waals surface area contributed by atoms with Gasteiger partial charge < -0.3 is 10.4 Å². The van der Waals surface area contributed by atoms with E-state index in [2.05, 4.69) is 5.32 Å². The minimum Gasteiger partial charge on any atom is -0.502 e. The van der Waals surface area contributed by atoms with Crippen LogP contribution in [0.3, 0.4) is 0 Å². The summed E-state index contributed by atoms with van der Waals surface area (Å²) in [7, 11) is 0. The zero-order chi connectivity index (χ0) is 15.6. The summed E-state index contributed by atoms with van der Waals surface area (Å²) in [5, 5.41) is 22.2. The number of carbonyl (C=O) groups is 1. The minimum absolute atomic E-state index is 0.0109. The monoisotopic (exact) mass is 294 g/mol. The lowest BCUT2D eigenvalue weighted by Crippen LogP contribution is -2.12. The van der Waals surface area contributed by atoms with E-state index in [-0.39, 0.29) is 11.3 Å². The van der Waals surface area contributed by atoms with Gasteiger partial charge in [-0.3, -0.25) is 14.9 Å². The molecule has 21 heavy (non-hydrogen) atoms. The maximum Gasteiger partial charge on any atom is 0.310 e. The molecule has 0 saturated heterocycles. The Hall–Kier alpha value is -3.03. The zero-order valence-corrected chi connectivity index (χ0v) is 10.3. The summed E-state index contributed by atoms with van der Waals surface area (Å²) < 4.78 is 25.7. The second kappa shape index (κ2) is 5.53. The Bertz CT molecular complexity index is 734. The first kappa shape index (κ1) is 14.4. The van der Waals surface area contributed by atoms with Gasteiger partial charge in [0.05, 0.1) is 4.92 Å². The number of rotatable bonds is 3. The van der Waals surface area contributed by atoms with Crippen LogP contribution in [-0.4, -0.2) is 15.9 Å². The summed E-state index contributed by atoms with van der Waals surface area (Å²) in [4.78, 5) is 21.6. The van der Waals surface area contributed by atoms with Gasteiger partial charge in [-0.05, 0) is 24.3 Å². The molecule has 0 heterocycles. The van der Waals surface area contributed by atoms with Gasteiger partial charge >= 0.3 is 5.69 Å². The molecular formula is C13H8F2N2O4. The number of amides is 1. The third kappa shape index (κ3) is 3.11. The van der Waals surface area contributed by atoms with Crippen LogP contribution >= 0.6 is 0 Å². The summed E-state index contributed by atoms with van der Waals surface area (Å²) in [5.74, 6) is -3.58. The first-order valence-corrected chi connectivity index (χ1v) is 5.62. The van der Waals surface area contributed by atoms with Crippen molar-refractivity contribution in [2.75, 3.05) is 5.32 Å². The number of halogens is 2. The quantitative estimate of drug-likeness (QED) is 0.672. The van der Waals surface area contributed by atoms with Gasteiger partial charge in [-0.15, -0.1) is 0 Å². The Morgan fingerprint density at radius 1 is 1.14 bits per heavy atom. The van der Waals surface area contributed by atoms with E-state index in [9.17, 15) is 28.8 Å². The lowest BCUT2D eigenvalue weighted by atomic mass is 10.1. The van der Waals surface area contributed by atoms with Crippen molar-refractivity contribution in [1.82, 2.24) is 0 Å². The van der Waals surface area contributed by atoms with Crippen LogP contribution < -0.4 is 5.32 Å². The zero-order valence-electron chi connectivity index (χ0n) is 10.3. The third-order valence-electron chi connectivity index (χ3n) is 2.61. The predicted molar refractivity (Wildman–Crippen MR) is 69.1 cm³/mol. The molecule has 0 aliphatic rings. The van der Waals surface area contributed by atoms with Crippen molar-refractivity contribution in [2.45, 2.75) is 0 Å². The number of phenols is 1. The lowest BCUT2D eigenvalue weighted by Gasteiger charge is -2.06. The molecule has 0 spiro atoms. The van der Waals surface area contributed by atoms with E-state index in [0.29, 0.717) is 0 Å². The lowest BCUT2D eigenvalue weighted by molar-refractivity contribution is -0.385. The van der Waals surface area contributed by atoms with Crippen molar-refractivity contribution in [2.24, 2.45) is 0 Å². The van der Waals surface area contributed by atoms with Crippen LogP contribution in [0.15, 0.2) is 36.4 Å². The van der Waals surface area contributed by atoms with Crippen molar-refractivity contribution in [3.63, 3.8) is 0 Å². The molecule has 0 unspecified atom stereocenters. The summed E-state index contributed by atoms with van der Waals surface area (Å²) in [5.41, 5.74) is -0.598. The molecule has 2 rings (SSSR count). The number of carbonyl (C=O) groups excluding carboxylic acids is 1.